The lowest BCUT2D eigenvalue weighted by atomic mass is 9.71. The number of rotatable bonds is 4. The fourth-order valence-corrected chi connectivity index (χ4v) is 5.44. The van der Waals surface area contributed by atoms with Crippen LogP contribution < -0.4 is 11.1 Å². The highest BCUT2D eigenvalue weighted by atomic mass is 32.2. The molecule has 0 aromatic heterocycles. The first-order valence-electron chi connectivity index (χ1n) is 11.1. The number of hydrogen-bond acceptors (Lipinski definition) is 5. The molecule has 166 valence electrons. The molecule has 0 amide bonds. The number of benzene rings is 1. The Balaban J connectivity index is 0.000000589. The van der Waals surface area contributed by atoms with E-state index in [1.165, 1.54) is 34.7 Å². The molecule has 5 heteroatoms. The molecule has 0 radical (unpaired) electrons. The van der Waals surface area contributed by atoms with Gasteiger partial charge in [-0.25, -0.2) is 4.31 Å². The van der Waals surface area contributed by atoms with Crippen LogP contribution in [0.25, 0.3) is 0 Å². The Kier molecular flexibility index (Phi) is 7.08. The summed E-state index contributed by atoms with van der Waals surface area (Å²) in [5.41, 5.74) is 11.5. The maximum absolute atomic E-state index is 5.11. The van der Waals surface area contributed by atoms with Crippen LogP contribution in [-0.2, 0) is 5.41 Å². The molecule has 1 aromatic rings. The van der Waals surface area contributed by atoms with Gasteiger partial charge in [0.1, 0.15) is 0 Å². The van der Waals surface area contributed by atoms with Gasteiger partial charge < -0.3 is 16.0 Å². The molecule has 2 heterocycles. The number of hydrogen-bond donors (Lipinski definition) is 2. The average Bonchev–Trinajstić information content (AvgIpc) is 3.35. The van der Waals surface area contributed by atoms with Crippen LogP contribution in [0.3, 0.4) is 0 Å². The van der Waals surface area contributed by atoms with E-state index in [2.05, 4.69) is 79.7 Å². The summed E-state index contributed by atoms with van der Waals surface area (Å²) < 4.78 is 2.58. The first-order chi connectivity index (χ1) is 14.0. The summed E-state index contributed by atoms with van der Waals surface area (Å²) in [6.45, 7) is 14.1. The van der Waals surface area contributed by atoms with Gasteiger partial charge in [-0.3, -0.25) is 0 Å². The van der Waals surface area contributed by atoms with Crippen LogP contribution in [0, 0.1) is 5.41 Å². The number of fused-ring (bicyclic) bond motifs is 1. The molecule has 1 atom stereocenters. The molecule has 0 saturated carbocycles. The summed E-state index contributed by atoms with van der Waals surface area (Å²) >= 11 is 1.93. The van der Waals surface area contributed by atoms with Gasteiger partial charge in [-0.15, -0.1) is 0 Å². The molecule has 1 aromatic carbocycles. The van der Waals surface area contributed by atoms with Crippen molar-refractivity contribution < 1.29 is 0 Å². The van der Waals surface area contributed by atoms with Gasteiger partial charge in [-0.05, 0) is 67.7 Å². The van der Waals surface area contributed by atoms with E-state index in [1.807, 2.05) is 25.8 Å². The van der Waals surface area contributed by atoms with Crippen molar-refractivity contribution in [2.45, 2.75) is 63.8 Å². The van der Waals surface area contributed by atoms with Gasteiger partial charge in [0.2, 0.25) is 0 Å². The van der Waals surface area contributed by atoms with Gasteiger partial charge in [-0.2, -0.15) is 0 Å². The third-order valence-corrected chi connectivity index (χ3v) is 6.80. The minimum absolute atomic E-state index is 0.217. The number of nitrogens with two attached hydrogens (primary N) is 1. The van der Waals surface area contributed by atoms with Crippen LogP contribution in [0.1, 0.15) is 53.0 Å². The molecule has 0 spiro atoms. The van der Waals surface area contributed by atoms with Crippen molar-refractivity contribution in [3.63, 3.8) is 0 Å². The number of nitrogens with zero attached hydrogens (tertiary/aromatic N) is 2. The highest BCUT2D eigenvalue weighted by Gasteiger charge is 2.46. The third-order valence-electron chi connectivity index (χ3n) is 5.75. The Morgan fingerprint density at radius 2 is 1.83 bits per heavy atom. The molecule has 0 bridgehead atoms. The van der Waals surface area contributed by atoms with Crippen LogP contribution in [0.5, 0.6) is 0 Å². The van der Waals surface area contributed by atoms with E-state index in [0.717, 1.165) is 19.6 Å². The van der Waals surface area contributed by atoms with Crippen LogP contribution >= 0.6 is 11.9 Å². The van der Waals surface area contributed by atoms with Crippen LogP contribution in [0.2, 0.25) is 0 Å². The smallest absolute Gasteiger partial charge is 0.0578 e. The number of piperidine rings is 1. The van der Waals surface area contributed by atoms with Crippen molar-refractivity contribution in [1.29, 1.82) is 0 Å². The standard InChI is InChI=1S/C22H31N3S.C3H9N/c1-21(2,3)16-6-8-18(9-7-16)26-25-11-10-17-12-19-20(23-19)13-22(17,15-25)14-24(4)5;1-3(2)4/h6-9,12,23H,10-11,13-15H2,1-5H3;3H,4H2,1-2H3. The van der Waals surface area contributed by atoms with E-state index in [9.17, 15) is 0 Å². The van der Waals surface area contributed by atoms with Crippen molar-refractivity contribution in [2.24, 2.45) is 11.1 Å². The van der Waals surface area contributed by atoms with E-state index >= 15 is 0 Å². The molecule has 3 aliphatic rings. The second-order valence-electron chi connectivity index (χ2n) is 10.6. The summed E-state index contributed by atoms with van der Waals surface area (Å²) in [7, 11) is 4.40. The zero-order chi connectivity index (χ0) is 22.1. The molecule has 4 nitrogen and oxygen atoms in total. The van der Waals surface area contributed by atoms with E-state index in [1.54, 1.807) is 5.57 Å². The topological polar surface area (TPSA) is 54.4 Å². The van der Waals surface area contributed by atoms with E-state index in [-0.39, 0.29) is 10.8 Å². The van der Waals surface area contributed by atoms with Gasteiger partial charge in [0.25, 0.3) is 0 Å². The van der Waals surface area contributed by atoms with Crippen molar-refractivity contribution >= 4 is 11.9 Å². The van der Waals surface area contributed by atoms with Gasteiger partial charge >= 0.3 is 0 Å². The summed E-state index contributed by atoms with van der Waals surface area (Å²) in [5, 5.41) is 3.48. The maximum Gasteiger partial charge on any atom is 0.0578 e. The highest BCUT2D eigenvalue weighted by molar-refractivity contribution is 7.97. The lowest BCUT2D eigenvalue weighted by Crippen LogP contribution is -2.47. The Bertz CT molecular complexity index is 799. The van der Waals surface area contributed by atoms with Crippen molar-refractivity contribution in [3.05, 3.63) is 52.9 Å². The Morgan fingerprint density at radius 3 is 2.40 bits per heavy atom. The Morgan fingerprint density at radius 1 is 1.20 bits per heavy atom. The first kappa shape index (κ1) is 23.4. The second kappa shape index (κ2) is 9.07. The molecule has 1 aliphatic carbocycles. The summed E-state index contributed by atoms with van der Waals surface area (Å²) in [6.07, 6.45) is 4.79. The highest BCUT2D eigenvalue weighted by Crippen LogP contribution is 2.49. The summed E-state index contributed by atoms with van der Waals surface area (Å²) in [6, 6.07) is 9.50. The van der Waals surface area contributed by atoms with E-state index in [0.29, 0.717) is 6.04 Å². The van der Waals surface area contributed by atoms with Crippen LogP contribution in [0.15, 0.2) is 52.2 Å². The van der Waals surface area contributed by atoms with E-state index < -0.39 is 0 Å². The largest absolute Gasteiger partial charge is 0.356 e. The monoisotopic (exact) mass is 428 g/mol. The third kappa shape index (κ3) is 5.91. The molecular weight excluding hydrogens is 388 g/mol. The first-order valence-corrected chi connectivity index (χ1v) is 11.9. The maximum atomic E-state index is 5.11. The molecule has 1 fully saturated rings. The van der Waals surface area contributed by atoms with Crippen molar-refractivity contribution in [1.82, 2.24) is 14.5 Å². The Hall–Kier alpha value is -1.27. The molecule has 4 rings (SSSR count). The quantitative estimate of drug-likeness (QED) is 0.678. The van der Waals surface area contributed by atoms with Crippen molar-refractivity contribution in [3.8, 4) is 0 Å². The fourth-order valence-electron chi connectivity index (χ4n) is 4.39. The zero-order valence-electron chi connectivity index (χ0n) is 19.9. The lowest BCUT2D eigenvalue weighted by molar-refractivity contribution is 0.168. The molecule has 3 N–H and O–H groups in total. The van der Waals surface area contributed by atoms with Gasteiger partial charge in [0, 0.05) is 42.1 Å². The molecule has 30 heavy (non-hydrogen) atoms. The predicted octanol–water partition coefficient (Wildman–Crippen LogP) is 4.74. The normalized spacial score (nSPS) is 23.3. The van der Waals surface area contributed by atoms with Gasteiger partial charge in [-0.1, -0.05) is 52.3 Å². The zero-order valence-corrected chi connectivity index (χ0v) is 20.7. The predicted molar refractivity (Wildman–Crippen MR) is 130 cm³/mol. The lowest BCUT2D eigenvalue weighted by Gasteiger charge is -2.46. The molecule has 1 unspecified atom stereocenters. The number of nitrogens with one attached hydrogen (secondary N) is 1. The molecule has 2 aliphatic heterocycles. The van der Waals surface area contributed by atoms with Gasteiger partial charge in [0.05, 0.1) is 5.70 Å². The second-order valence-corrected chi connectivity index (χ2v) is 11.8. The summed E-state index contributed by atoms with van der Waals surface area (Å²) in [5.74, 6) is 0. The van der Waals surface area contributed by atoms with Crippen LogP contribution in [-0.4, -0.2) is 49.0 Å². The van der Waals surface area contributed by atoms with Gasteiger partial charge in [0.15, 0.2) is 0 Å². The van der Waals surface area contributed by atoms with Crippen LogP contribution in [0.4, 0.5) is 0 Å². The summed E-state index contributed by atoms with van der Waals surface area (Å²) in [4.78, 5) is 3.71. The minimum atomic E-state index is 0.217. The SMILES string of the molecule is CC(C)N.CN(C)CC12CC3=C(C=C1CCN(Sc1ccc(C(C)(C)C)cc1)C2)N3. The average molecular weight is 429 g/mol. The fraction of sp³-hybridized carbons (Fsp3) is 0.600. The molecular formula is C25H40N4S. The van der Waals surface area contributed by atoms with E-state index in [4.69, 9.17) is 5.73 Å². The molecule has 1 saturated heterocycles. The van der Waals surface area contributed by atoms with Crippen molar-refractivity contribution in [2.75, 3.05) is 33.7 Å². The Labute approximate surface area is 188 Å². The number of allylic oxidation sites excluding steroid dienone is 2. The minimum Gasteiger partial charge on any atom is -0.356 e.